The van der Waals surface area contributed by atoms with Gasteiger partial charge in [0.1, 0.15) is 9.79 Å². The Bertz CT molecular complexity index is 1180. The van der Waals surface area contributed by atoms with E-state index in [-0.39, 0.29) is 81.6 Å². The number of thiocarbonyl (C=S) groups is 2. The topological polar surface area (TPSA) is 133 Å². The molecule has 0 aliphatic rings. The Morgan fingerprint density at radius 3 is 1.33 bits per heavy atom. The molecule has 0 atom stereocenters. The van der Waals surface area contributed by atoms with E-state index in [2.05, 4.69) is 44.7 Å². The molecule has 0 saturated heterocycles. The van der Waals surface area contributed by atoms with Crippen LogP contribution in [0.1, 0.15) is 11.1 Å². The Morgan fingerprint density at radius 2 is 1.07 bits per heavy atom. The van der Waals surface area contributed by atoms with Crippen LogP contribution in [0.5, 0.6) is 0 Å². The summed E-state index contributed by atoms with van der Waals surface area (Å²) in [5.41, 5.74) is 0.405. The molecule has 2 aromatic carbocycles. The van der Waals surface area contributed by atoms with Gasteiger partial charge in [-0.05, 0) is 59.8 Å². The van der Waals surface area contributed by atoms with E-state index in [4.69, 9.17) is 0 Å². The number of hydrogen-bond donors (Lipinski definition) is 2. The van der Waals surface area contributed by atoms with Gasteiger partial charge in [-0.3, -0.25) is 9.11 Å². The first kappa shape index (κ1) is 29.6. The van der Waals surface area contributed by atoms with Crippen molar-refractivity contribution in [1.29, 1.82) is 0 Å². The Labute approximate surface area is 228 Å². The molecule has 0 saturated carbocycles. The van der Waals surface area contributed by atoms with Crippen LogP contribution < -0.4 is 0 Å². The summed E-state index contributed by atoms with van der Waals surface area (Å²) in [5.74, 6) is 0. The van der Waals surface area contributed by atoms with E-state index in [0.29, 0.717) is 0 Å². The van der Waals surface area contributed by atoms with Crippen molar-refractivity contribution in [2.24, 2.45) is 9.98 Å². The van der Waals surface area contributed by atoms with Crippen LogP contribution in [0.25, 0.3) is 12.2 Å². The van der Waals surface area contributed by atoms with Gasteiger partial charge in [0.15, 0.2) is 0 Å². The van der Waals surface area contributed by atoms with Crippen molar-refractivity contribution in [1.82, 2.24) is 0 Å². The van der Waals surface area contributed by atoms with E-state index in [0.717, 1.165) is 12.1 Å². The van der Waals surface area contributed by atoms with Gasteiger partial charge < -0.3 is 0 Å². The van der Waals surface area contributed by atoms with Gasteiger partial charge in [-0.15, -0.1) is 0 Å². The van der Waals surface area contributed by atoms with E-state index in [1.54, 1.807) is 0 Å². The van der Waals surface area contributed by atoms with Crippen molar-refractivity contribution in [3.8, 4) is 0 Å². The van der Waals surface area contributed by atoms with Crippen LogP contribution in [0.4, 0.5) is 11.4 Å². The number of nitrogens with zero attached hydrogens (tertiary/aromatic N) is 2. The van der Waals surface area contributed by atoms with Gasteiger partial charge in [0, 0.05) is 0 Å². The molecular formula is C16H12N2Na2O6S4. The average Bonchev–Trinajstić information content (AvgIpc) is 2.60. The first-order valence-corrected chi connectivity index (χ1v) is 10.8. The molecule has 0 unspecified atom stereocenters. The normalized spacial score (nSPS) is 10.9. The minimum absolute atomic E-state index is 0. The molecule has 2 N–H and O–H groups in total. The second-order valence-electron chi connectivity index (χ2n) is 5.13. The molecule has 0 bridgehead atoms. The molecule has 2 aromatic rings. The number of hydrogen-bond acceptors (Lipinski definition) is 8. The SMILES string of the molecule is O=S(=O)(O)c1cc(N=C=S)ccc1/C=C/c1ccc(N=C=S)cc1S(=O)(=O)O.[NaH].[NaH]. The zero-order valence-corrected chi connectivity index (χ0v) is 16.9. The minimum atomic E-state index is -4.61. The van der Waals surface area contributed by atoms with E-state index in [9.17, 15) is 25.9 Å². The number of isothiocyanates is 2. The van der Waals surface area contributed by atoms with Crippen LogP contribution in [0.3, 0.4) is 0 Å². The Kier molecular flexibility index (Phi) is 12.4. The zero-order chi connectivity index (χ0) is 20.9. The zero-order valence-electron chi connectivity index (χ0n) is 13.7. The van der Waals surface area contributed by atoms with Gasteiger partial charge in [0.25, 0.3) is 20.2 Å². The molecule has 0 aromatic heterocycles. The van der Waals surface area contributed by atoms with Crippen LogP contribution in [0, 0.1) is 0 Å². The summed E-state index contributed by atoms with van der Waals surface area (Å²) in [4.78, 5) is 6.35. The molecule has 14 heteroatoms. The predicted octanol–water partition coefficient (Wildman–Crippen LogP) is 2.52. The third-order valence-corrected chi connectivity index (χ3v) is 5.34. The van der Waals surface area contributed by atoms with E-state index >= 15 is 0 Å². The van der Waals surface area contributed by atoms with Gasteiger partial charge >= 0.3 is 59.1 Å². The second kappa shape index (κ2) is 12.6. The van der Waals surface area contributed by atoms with Crippen LogP contribution >= 0.6 is 24.4 Å². The molecule has 0 amide bonds. The van der Waals surface area contributed by atoms with Gasteiger partial charge in [-0.2, -0.15) is 26.8 Å². The summed E-state index contributed by atoms with van der Waals surface area (Å²) in [6, 6.07) is 7.68. The van der Waals surface area contributed by atoms with Crippen molar-refractivity contribution in [2.75, 3.05) is 0 Å². The van der Waals surface area contributed by atoms with E-state index in [1.165, 1.54) is 36.4 Å². The Hall–Kier alpha value is -0.400. The molecule has 148 valence electrons. The monoisotopic (exact) mass is 502 g/mol. The maximum absolute atomic E-state index is 11.6. The van der Waals surface area contributed by atoms with Crippen molar-refractivity contribution in [3.05, 3.63) is 47.5 Å². The summed E-state index contributed by atoms with van der Waals surface area (Å²) in [6.45, 7) is 0. The van der Waals surface area contributed by atoms with Crippen LogP contribution in [0.15, 0.2) is 56.2 Å². The van der Waals surface area contributed by atoms with Gasteiger partial charge in [-0.25, -0.2) is 0 Å². The summed E-state index contributed by atoms with van der Waals surface area (Å²) in [5, 5.41) is 4.16. The predicted molar refractivity (Wildman–Crippen MR) is 125 cm³/mol. The molecule has 0 aliphatic heterocycles. The van der Waals surface area contributed by atoms with E-state index in [1.807, 2.05) is 0 Å². The van der Waals surface area contributed by atoms with Gasteiger partial charge in [0.05, 0.1) is 21.7 Å². The summed E-state index contributed by atoms with van der Waals surface area (Å²) in [6.07, 6.45) is 2.50. The van der Waals surface area contributed by atoms with Crippen molar-refractivity contribution in [2.45, 2.75) is 9.79 Å². The molecule has 0 heterocycles. The quantitative estimate of drug-likeness (QED) is 0.202. The maximum atomic E-state index is 11.6. The fourth-order valence-corrected chi connectivity index (χ4v) is 3.81. The molecule has 8 nitrogen and oxygen atoms in total. The first-order chi connectivity index (χ1) is 13.1. The first-order valence-electron chi connectivity index (χ1n) is 7.13. The fourth-order valence-electron chi connectivity index (χ4n) is 2.19. The summed E-state index contributed by atoms with van der Waals surface area (Å²) in [7, 11) is -9.21. The standard InChI is InChI=1S/C16H10N2O6S4.2Na.2H/c19-27(20,21)15-7-13(17-9-25)5-3-11(15)1-2-12-4-6-14(18-10-26)8-16(12)28(22,23)24;;;;/h1-8H,(H,19,20,21)(H,22,23,24);;;;/b2-1+;;;;. The second-order valence-corrected chi connectivity index (χ2v) is 8.28. The van der Waals surface area contributed by atoms with Crippen molar-refractivity contribution in [3.63, 3.8) is 0 Å². The third kappa shape index (κ3) is 8.27. The average molecular weight is 503 g/mol. The van der Waals surface area contributed by atoms with Gasteiger partial charge in [0.2, 0.25) is 0 Å². The molecule has 0 aliphatic carbocycles. The summed E-state index contributed by atoms with van der Waals surface area (Å²) < 4.78 is 65.4. The molecule has 0 fully saturated rings. The Morgan fingerprint density at radius 1 is 0.733 bits per heavy atom. The molecule has 0 radical (unpaired) electrons. The van der Waals surface area contributed by atoms with Crippen molar-refractivity contribution >= 4 is 138 Å². The molecule has 2 rings (SSSR count). The number of rotatable bonds is 6. The number of benzene rings is 2. The molecular weight excluding hydrogens is 490 g/mol. The van der Waals surface area contributed by atoms with Crippen LogP contribution in [-0.2, 0) is 20.2 Å². The van der Waals surface area contributed by atoms with Crippen molar-refractivity contribution < 1.29 is 25.9 Å². The fraction of sp³-hybridized carbons (Fsp3) is 0. The van der Waals surface area contributed by atoms with E-state index < -0.39 is 30.0 Å². The summed E-state index contributed by atoms with van der Waals surface area (Å²) >= 11 is 8.91. The van der Waals surface area contributed by atoms with Crippen LogP contribution in [0.2, 0.25) is 0 Å². The molecule has 0 spiro atoms. The van der Waals surface area contributed by atoms with Crippen LogP contribution in [-0.4, -0.2) is 95.4 Å². The van der Waals surface area contributed by atoms with Gasteiger partial charge in [-0.1, -0.05) is 24.3 Å². The third-order valence-electron chi connectivity index (χ3n) is 3.34. The molecule has 30 heavy (non-hydrogen) atoms. The number of aliphatic imine (C=N–C) groups is 2. The Balaban J connectivity index is 0.00000420.